The summed E-state index contributed by atoms with van der Waals surface area (Å²) in [5.74, 6) is 0.561. The van der Waals surface area contributed by atoms with E-state index < -0.39 is 0 Å². The number of nitrogens with zero attached hydrogens (tertiary/aromatic N) is 1. The van der Waals surface area contributed by atoms with Gasteiger partial charge in [-0.2, -0.15) is 5.26 Å². The van der Waals surface area contributed by atoms with E-state index in [2.05, 4.69) is 6.07 Å². The molecule has 1 aliphatic carbocycles. The molecule has 0 N–H and O–H groups in total. The van der Waals surface area contributed by atoms with E-state index >= 15 is 0 Å². The van der Waals surface area contributed by atoms with E-state index in [1.54, 1.807) is 0 Å². The highest BCUT2D eigenvalue weighted by molar-refractivity contribution is 5.09. The Morgan fingerprint density at radius 1 is 1.40 bits per heavy atom. The summed E-state index contributed by atoms with van der Waals surface area (Å²) < 4.78 is 5.07. The fourth-order valence-electron chi connectivity index (χ4n) is 1.72. The molecule has 2 rings (SSSR count). The van der Waals surface area contributed by atoms with Crippen LogP contribution in [0.3, 0.4) is 0 Å². The highest BCUT2D eigenvalue weighted by Crippen LogP contribution is 2.48. The minimum absolute atomic E-state index is 0.0399. The third kappa shape index (κ3) is 0.615. The first kappa shape index (κ1) is 6.18. The van der Waals surface area contributed by atoms with Gasteiger partial charge in [0.15, 0.2) is 0 Å². The highest BCUT2D eigenvalue weighted by Gasteiger charge is 2.47. The standard InChI is InChI=1S/C8H11NO/c9-6-8(2-1-3-8)7-4-10-5-7/h7H,1-5H2. The molecule has 10 heavy (non-hydrogen) atoms. The van der Waals surface area contributed by atoms with E-state index in [-0.39, 0.29) is 5.41 Å². The van der Waals surface area contributed by atoms with Crippen LogP contribution in [-0.2, 0) is 4.74 Å². The summed E-state index contributed by atoms with van der Waals surface area (Å²) in [5, 5.41) is 8.87. The average molecular weight is 137 g/mol. The quantitative estimate of drug-likeness (QED) is 0.546. The van der Waals surface area contributed by atoms with Gasteiger partial charge in [0.1, 0.15) is 0 Å². The monoisotopic (exact) mass is 137 g/mol. The summed E-state index contributed by atoms with van der Waals surface area (Å²) >= 11 is 0. The molecule has 0 aromatic rings. The van der Waals surface area contributed by atoms with Gasteiger partial charge in [-0.25, -0.2) is 0 Å². The second kappa shape index (κ2) is 1.96. The van der Waals surface area contributed by atoms with Crippen molar-refractivity contribution in [2.24, 2.45) is 11.3 Å². The van der Waals surface area contributed by atoms with Crippen molar-refractivity contribution in [3.63, 3.8) is 0 Å². The van der Waals surface area contributed by atoms with Crippen LogP contribution in [0, 0.1) is 22.7 Å². The van der Waals surface area contributed by atoms with Gasteiger partial charge < -0.3 is 4.74 Å². The molecule has 2 aliphatic rings. The lowest BCUT2D eigenvalue weighted by molar-refractivity contribution is -0.104. The van der Waals surface area contributed by atoms with E-state index in [0.29, 0.717) is 5.92 Å². The summed E-state index contributed by atoms with van der Waals surface area (Å²) in [6.45, 7) is 1.65. The van der Waals surface area contributed by atoms with E-state index in [4.69, 9.17) is 10.00 Å². The zero-order valence-electron chi connectivity index (χ0n) is 5.97. The number of ether oxygens (including phenoxy) is 1. The van der Waals surface area contributed by atoms with Crippen LogP contribution in [0.15, 0.2) is 0 Å². The molecule has 0 aromatic carbocycles. The van der Waals surface area contributed by atoms with Crippen molar-refractivity contribution in [3.8, 4) is 6.07 Å². The topological polar surface area (TPSA) is 33.0 Å². The first-order valence-electron chi connectivity index (χ1n) is 3.86. The van der Waals surface area contributed by atoms with Crippen LogP contribution in [0.5, 0.6) is 0 Å². The molecule has 0 atom stereocenters. The lowest BCUT2D eigenvalue weighted by Gasteiger charge is -2.45. The van der Waals surface area contributed by atoms with Gasteiger partial charge in [0.25, 0.3) is 0 Å². The minimum atomic E-state index is 0.0399. The predicted octanol–water partition coefficient (Wildman–Crippen LogP) is 1.33. The average Bonchev–Trinajstić information content (AvgIpc) is 1.73. The van der Waals surface area contributed by atoms with Crippen molar-refractivity contribution < 1.29 is 4.74 Å². The van der Waals surface area contributed by atoms with Crippen molar-refractivity contribution in [1.29, 1.82) is 5.26 Å². The molecule has 2 heteroatoms. The fraction of sp³-hybridized carbons (Fsp3) is 0.875. The van der Waals surface area contributed by atoms with E-state index in [1.807, 2.05) is 0 Å². The normalized spacial score (nSPS) is 29.9. The van der Waals surface area contributed by atoms with Gasteiger partial charge in [0.05, 0.1) is 24.7 Å². The molecule has 0 amide bonds. The van der Waals surface area contributed by atoms with E-state index in [1.165, 1.54) is 6.42 Å². The molecule has 1 saturated heterocycles. The van der Waals surface area contributed by atoms with Gasteiger partial charge in [0, 0.05) is 5.92 Å². The van der Waals surface area contributed by atoms with E-state index in [9.17, 15) is 0 Å². The fourth-order valence-corrected chi connectivity index (χ4v) is 1.72. The van der Waals surface area contributed by atoms with Crippen LogP contribution < -0.4 is 0 Å². The largest absolute Gasteiger partial charge is 0.381 e. The molecule has 2 fully saturated rings. The molecule has 54 valence electrons. The van der Waals surface area contributed by atoms with Crippen molar-refractivity contribution in [1.82, 2.24) is 0 Å². The van der Waals surface area contributed by atoms with Crippen molar-refractivity contribution >= 4 is 0 Å². The SMILES string of the molecule is N#CC1(C2COC2)CCC1. The van der Waals surface area contributed by atoms with Gasteiger partial charge in [-0.05, 0) is 12.8 Å². The summed E-state index contributed by atoms with van der Waals surface area (Å²) in [5.41, 5.74) is 0.0399. The lowest BCUT2D eigenvalue weighted by atomic mass is 9.61. The maximum Gasteiger partial charge on any atom is 0.0694 e. The van der Waals surface area contributed by atoms with Crippen LogP contribution >= 0.6 is 0 Å². The maximum atomic E-state index is 8.87. The molecular formula is C8H11NO. The van der Waals surface area contributed by atoms with Gasteiger partial charge in [-0.1, -0.05) is 6.42 Å². The Morgan fingerprint density at radius 2 is 2.10 bits per heavy atom. The van der Waals surface area contributed by atoms with Gasteiger partial charge in [-0.3, -0.25) is 0 Å². The Labute approximate surface area is 60.8 Å². The highest BCUT2D eigenvalue weighted by atomic mass is 16.5. The molecule has 1 aliphatic heterocycles. The Balaban J connectivity index is 2.05. The van der Waals surface area contributed by atoms with Gasteiger partial charge in [0.2, 0.25) is 0 Å². The Bertz CT molecular complexity index is 174. The number of hydrogen-bond donors (Lipinski definition) is 0. The first-order chi connectivity index (χ1) is 4.87. The zero-order chi connectivity index (χ0) is 7.03. The van der Waals surface area contributed by atoms with Gasteiger partial charge >= 0.3 is 0 Å². The zero-order valence-corrected chi connectivity index (χ0v) is 5.97. The summed E-state index contributed by atoms with van der Waals surface area (Å²) in [6.07, 6.45) is 3.46. The Morgan fingerprint density at radius 3 is 2.20 bits per heavy atom. The van der Waals surface area contributed by atoms with Gasteiger partial charge in [-0.15, -0.1) is 0 Å². The van der Waals surface area contributed by atoms with Crippen molar-refractivity contribution in [2.75, 3.05) is 13.2 Å². The summed E-state index contributed by atoms with van der Waals surface area (Å²) in [6, 6.07) is 2.44. The first-order valence-corrected chi connectivity index (χ1v) is 3.86. The number of hydrogen-bond acceptors (Lipinski definition) is 2. The predicted molar refractivity (Wildman–Crippen MR) is 36.2 cm³/mol. The third-order valence-electron chi connectivity index (χ3n) is 2.89. The Kier molecular flexibility index (Phi) is 1.21. The van der Waals surface area contributed by atoms with Crippen LogP contribution in [0.4, 0.5) is 0 Å². The lowest BCUT2D eigenvalue weighted by Crippen LogP contribution is -2.46. The second-order valence-corrected chi connectivity index (χ2v) is 3.36. The Hall–Kier alpha value is -0.550. The second-order valence-electron chi connectivity index (χ2n) is 3.36. The molecule has 2 nitrogen and oxygen atoms in total. The molecule has 0 unspecified atom stereocenters. The van der Waals surface area contributed by atoms with Crippen LogP contribution in [-0.4, -0.2) is 13.2 Å². The smallest absolute Gasteiger partial charge is 0.0694 e. The van der Waals surface area contributed by atoms with Crippen LogP contribution in [0.2, 0.25) is 0 Å². The molecule has 0 aromatic heterocycles. The molecule has 1 heterocycles. The molecule has 0 radical (unpaired) electrons. The van der Waals surface area contributed by atoms with Crippen LogP contribution in [0.1, 0.15) is 19.3 Å². The number of nitriles is 1. The third-order valence-corrected chi connectivity index (χ3v) is 2.89. The maximum absolute atomic E-state index is 8.87. The van der Waals surface area contributed by atoms with Crippen LogP contribution in [0.25, 0.3) is 0 Å². The molecular weight excluding hydrogens is 126 g/mol. The van der Waals surface area contributed by atoms with Crippen molar-refractivity contribution in [2.45, 2.75) is 19.3 Å². The molecule has 0 spiro atoms. The summed E-state index contributed by atoms with van der Waals surface area (Å²) in [7, 11) is 0. The number of rotatable bonds is 1. The van der Waals surface area contributed by atoms with E-state index in [0.717, 1.165) is 26.1 Å². The molecule has 0 bridgehead atoms. The molecule has 1 saturated carbocycles. The van der Waals surface area contributed by atoms with Crippen molar-refractivity contribution in [3.05, 3.63) is 0 Å². The minimum Gasteiger partial charge on any atom is -0.381 e. The summed E-state index contributed by atoms with van der Waals surface area (Å²) in [4.78, 5) is 0.